The van der Waals surface area contributed by atoms with Crippen LogP contribution in [-0.4, -0.2) is 51.4 Å². The van der Waals surface area contributed by atoms with Crippen LogP contribution >= 0.6 is 0 Å². The molecule has 1 atom stereocenters. The van der Waals surface area contributed by atoms with Crippen LogP contribution in [0, 0.1) is 5.82 Å². The zero-order chi connectivity index (χ0) is 22.9. The molecular formula is C24H20FN5O3. The van der Waals surface area contributed by atoms with Crippen LogP contribution in [0.3, 0.4) is 0 Å². The Balaban J connectivity index is 1.40. The molecule has 3 heterocycles. The molecule has 5 rings (SSSR count). The van der Waals surface area contributed by atoms with Gasteiger partial charge in [-0.3, -0.25) is 19.6 Å². The third-order valence-corrected chi connectivity index (χ3v) is 5.64. The Hall–Kier alpha value is -4.11. The number of rotatable bonds is 4. The zero-order valence-electron chi connectivity index (χ0n) is 17.5. The maximum Gasteiger partial charge on any atom is 0.270 e. The topological polar surface area (TPSA) is 114 Å². The molecule has 0 spiro atoms. The van der Waals surface area contributed by atoms with Gasteiger partial charge in [-0.05, 0) is 36.4 Å². The summed E-state index contributed by atoms with van der Waals surface area (Å²) in [6.07, 6.45) is 2.67. The monoisotopic (exact) mass is 445 g/mol. The van der Waals surface area contributed by atoms with E-state index >= 15 is 0 Å². The van der Waals surface area contributed by atoms with Gasteiger partial charge in [0.05, 0.1) is 24.5 Å². The molecule has 166 valence electrons. The first-order valence-electron chi connectivity index (χ1n) is 10.4. The Bertz CT molecular complexity index is 1350. The van der Waals surface area contributed by atoms with Crippen LogP contribution in [0.4, 0.5) is 4.39 Å². The van der Waals surface area contributed by atoms with Crippen molar-refractivity contribution in [2.24, 2.45) is 5.73 Å². The number of halogens is 1. The van der Waals surface area contributed by atoms with Crippen molar-refractivity contribution in [2.45, 2.75) is 6.10 Å². The van der Waals surface area contributed by atoms with E-state index in [0.717, 1.165) is 10.9 Å². The van der Waals surface area contributed by atoms with Gasteiger partial charge in [-0.2, -0.15) is 0 Å². The molecule has 1 fully saturated rings. The van der Waals surface area contributed by atoms with E-state index in [1.807, 2.05) is 0 Å². The number of benzene rings is 2. The van der Waals surface area contributed by atoms with Gasteiger partial charge in [0.15, 0.2) is 0 Å². The van der Waals surface area contributed by atoms with E-state index in [-0.39, 0.29) is 18.3 Å². The lowest BCUT2D eigenvalue weighted by atomic mass is 10.0. The largest absolute Gasteiger partial charge is 0.368 e. The zero-order valence-corrected chi connectivity index (χ0v) is 17.5. The summed E-state index contributed by atoms with van der Waals surface area (Å²) in [5, 5.41) is 0.764. The van der Waals surface area contributed by atoms with Gasteiger partial charge >= 0.3 is 0 Å². The van der Waals surface area contributed by atoms with Gasteiger partial charge in [0.1, 0.15) is 17.6 Å². The molecular weight excluding hydrogens is 425 g/mol. The van der Waals surface area contributed by atoms with E-state index in [9.17, 15) is 14.0 Å². The number of nitrogens with zero attached hydrogens (tertiary/aromatic N) is 3. The quantitative estimate of drug-likeness (QED) is 0.501. The second-order valence-electron chi connectivity index (χ2n) is 7.76. The molecule has 0 unspecified atom stereocenters. The Labute approximate surface area is 188 Å². The Morgan fingerprint density at radius 3 is 2.67 bits per heavy atom. The van der Waals surface area contributed by atoms with Crippen LogP contribution in [0.15, 0.2) is 60.9 Å². The fourth-order valence-electron chi connectivity index (χ4n) is 3.98. The van der Waals surface area contributed by atoms with Gasteiger partial charge in [0.2, 0.25) is 5.91 Å². The van der Waals surface area contributed by atoms with Gasteiger partial charge in [-0.15, -0.1) is 0 Å². The van der Waals surface area contributed by atoms with Crippen LogP contribution < -0.4 is 5.73 Å². The number of nitrogens with one attached hydrogen (secondary N) is 1. The van der Waals surface area contributed by atoms with Gasteiger partial charge in [-0.1, -0.05) is 12.1 Å². The van der Waals surface area contributed by atoms with E-state index in [1.165, 1.54) is 12.1 Å². The number of carbonyl (C=O) groups excluding carboxylic acids is 2. The summed E-state index contributed by atoms with van der Waals surface area (Å²) in [6, 6.07) is 12.8. The van der Waals surface area contributed by atoms with Crippen molar-refractivity contribution < 1.29 is 18.7 Å². The molecule has 33 heavy (non-hydrogen) atoms. The van der Waals surface area contributed by atoms with Crippen molar-refractivity contribution in [2.75, 3.05) is 19.7 Å². The van der Waals surface area contributed by atoms with Crippen molar-refractivity contribution in [3.63, 3.8) is 0 Å². The molecule has 1 aliphatic rings. The molecule has 0 aliphatic carbocycles. The van der Waals surface area contributed by atoms with E-state index in [1.54, 1.807) is 53.7 Å². The highest BCUT2D eigenvalue weighted by molar-refractivity contribution is 5.98. The van der Waals surface area contributed by atoms with Gasteiger partial charge < -0.3 is 20.4 Å². The number of morpholine rings is 1. The third kappa shape index (κ3) is 4.06. The normalized spacial score (nSPS) is 16.2. The van der Waals surface area contributed by atoms with Crippen molar-refractivity contribution >= 4 is 22.7 Å². The summed E-state index contributed by atoms with van der Waals surface area (Å²) in [5.74, 6) is -1.07. The highest BCUT2D eigenvalue weighted by Crippen LogP contribution is 2.30. The number of hydrogen-bond acceptors (Lipinski definition) is 5. The van der Waals surface area contributed by atoms with Crippen LogP contribution in [-0.2, 0) is 4.74 Å². The number of carbonyl (C=O) groups is 2. The molecule has 0 radical (unpaired) electrons. The average Bonchev–Trinajstić information content (AvgIpc) is 3.27. The number of H-pyrrole nitrogens is 1. The average molecular weight is 445 g/mol. The molecule has 9 heteroatoms. The predicted octanol–water partition coefficient (Wildman–Crippen LogP) is 3.08. The number of amides is 2. The molecule has 2 amide bonds. The smallest absolute Gasteiger partial charge is 0.270 e. The summed E-state index contributed by atoms with van der Waals surface area (Å²) < 4.78 is 19.5. The Morgan fingerprint density at radius 1 is 1.09 bits per heavy atom. The maximum absolute atomic E-state index is 13.5. The van der Waals surface area contributed by atoms with Crippen molar-refractivity contribution in [1.29, 1.82) is 0 Å². The molecule has 8 nitrogen and oxygen atoms in total. The van der Waals surface area contributed by atoms with E-state index in [2.05, 4.69) is 15.0 Å². The van der Waals surface area contributed by atoms with Crippen LogP contribution in [0.5, 0.6) is 0 Å². The van der Waals surface area contributed by atoms with E-state index in [0.29, 0.717) is 41.3 Å². The number of hydrogen-bond donors (Lipinski definition) is 2. The summed E-state index contributed by atoms with van der Waals surface area (Å²) in [6.45, 7) is 1.04. The molecule has 1 aliphatic heterocycles. The highest BCUT2D eigenvalue weighted by Gasteiger charge is 2.30. The van der Waals surface area contributed by atoms with Crippen molar-refractivity contribution in [3.8, 4) is 11.3 Å². The first-order chi connectivity index (χ1) is 16.0. The summed E-state index contributed by atoms with van der Waals surface area (Å²) in [7, 11) is 0. The van der Waals surface area contributed by atoms with Crippen molar-refractivity contribution in [1.82, 2.24) is 19.9 Å². The molecule has 4 aromatic rings. The van der Waals surface area contributed by atoms with Gasteiger partial charge in [0.25, 0.3) is 5.91 Å². The lowest BCUT2D eigenvalue weighted by Gasteiger charge is -2.33. The van der Waals surface area contributed by atoms with Crippen LogP contribution in [0.25, 0.3) is 22.2 Å². The van der Waals surface area contributed by atoms with E-state index < -0.39 is 12.0 Å². The molecule has 2 aromatic heterocycles. The third-order valence-electron chi connectivity index (χ3n) is 5.64. The van der Waals surface area contributed by atoms with Crippen LogP contribution in [0.2, 0.25) is 0 Å². The maximum atomic E-state index is 13.5. The van der Waals surface area contributed by atoms with Gasteiger partial charge in [-0.25, -0.2) is 4.39 Å². The molecule has 1 saturated heterocycles. The number of aromatic nitrogens is 3. The van der Waals surface area contributed by atoms with Crippen LogP contribution in [0.1, 0.15) is 32.6 Å². The second-order valence-corrected chi connectivity index (χ2v) is 7.76. The first kappa shape index (κ1) is 20.8. The first-order valence-corrected chi connectivity index (χ1v) is 10.4. The number of nitrogens with two attached hydrogens (primary N) is 1. The highest BCUT2D eigenvalue weighted by atomic mass is 19.1. The van der Waals surface area contributed by atoms with Crippen molar-refractivity contribution in [3.05, 3.63) is 83.7 Å². The Kier molecular flexibility index (Phi) is 5.31. The number of fused-ring (bicyclic) bond motifs is 1. The fourth-order valence-corrected chi connectivity index (χ4v) is 3.98. The summed E-state index contributed by atoms with van der Waals surface area (Å²) in [5.41, 5.74) is 8.64. The van der Waals surface area contributed by atoms with Gasteiger partial charge in [0, 0.05) is 41.0 Å². The Morgan fingerprint density at radius 2 is 1.88 bits per heavy atom. The predicted molar refractivity (Wildman–Crippen MR) is 119 cm³/mol. The lowest BCUT2D eigenvalue weighted by Crippen LogP contribution is -2.42. The fraction of sp³-hybridized carbons (Fsp3) is 0.167. The second kappa shape index (κ2) is 8.44. The number of primary amides is 1. The molecule has 0 bridgehead atoms. The molecule has 3 N–H and O–H groups in total. The minimum atomic E-state index is -0.509. The minimum absolute atomic E-state index is 0.198. The lowest BCUT2D eigenvalue weighted by molar-refractivity contribution is -0.0247. The SMILES string of the molecule is NC(=O)c1ccc(-c2nccnc2[C@@H]2CN(C(=O)c3cc4ccc(F)cc4[nH]3)CCO2)cc1. The summed E-state index contributed by atoms with van der Waals surface area (Å²) >= 11 is 0. The standard InChI is InChI=1S/C24H20FN5O3/c25-17-6-5-16-11-19(29-18(16)12-17)24(32)30-9-10-33-20(13-30)22-21(27-7-8-28-22)14-1-3-15(4-2-14)23(26)31/h1-8,11-12,20,29H,9-10,13H2,(H2,26,31)/t20-/m0/s1. The number of aromatic amines is 1. The minimum Gasteiger partial charge on any atom is -0.368 e. The molecule has 0 saturated carbocycles. The van der Waals surface area contributed by atoms with E-state index in [4.69, 9.17) is 10.5 Å². The summed E-state index contributed by atoms with van der Waals surface area (Å²) in [4.78, 5) is 38.1. The number of ether oxygens (including phenoxy) is 1. The molecule has 2 aromatic carbocycles.